The number of rotatable bonds is 5. The molecule has 0 saturated carbocycles. The van der Waals surface area contributed by atoms with Crippen molar-refractivity contribution in [1.29, 1.82) is 5.26 Å². The second-order valence-electron chi connectivity index (χ2n) is 5.57. The number of nitriles is 1. The molecule has 0 fully saturated rings. The zero-order valence-electron chi connectivity index (χ0n) is 13.5. The number of alkyl halides is 3. The Balaban J connectivity index is 2.05. The number of ether oxygens (including phenoxy) is 1. The molecular weight excluding hydrogens is 393 g/mol. The number of hydrogen-bond acceptors (Lipinski definition) is 5. The van der Waals surface area contributed by atoms with E-state index in [1.807, 2.05) is 0 Å². The molecule has 0 spiro atoms. The predicted molar refractivity (Wildman–Crippen MR) is 80.6 cm³/mol. The van der Waals surface area contributed by atoms with Gasteiger partial charge in [-0.2, -0.15) is 27.7 Å². The monoisotopic (exact) mass is 401 g/mol. The van der Waals surface area contributed by atoms with Crippen LogP contribution in [0.2, 0.25) is 0 Å². The van der Waals surface area contributed by atoms with Crippen molar-refractivity contribution >= 4 is 0 Å². The first-order chi connectivity index (χ1) is 13.1. The van der Waals surface area contributed by atoms with Gasteiger partial charge >= 0.3 is 12.5 Å². The lowest BCUT2D eigenvalue weighted by Gasteiger charge is -2.22. The Bertz CT molecular complexity index is 989. The van der Waals surface area contributed by atoms with Gasteiger partial charge in [-0.05, 0) is 22.8 Å². The molecule has 0 bridgehead atoms. The quantitative estimate of drug-likeness (QED) is 0.162. The van der Waals surface area contributed by atoms with Crippen LogP contribution in [0.3, 0.4) is 0 Å². The first kappa shape index (κ1) is 19.3. The van der Waals surface area contributed by atoms with Crippen LogP contribution >= 0.6 is 0 Å². The minimum absolute atomic E-state index is 0.0557. The summed E-state index contributed by atoms with van der Waals surface area (Å²) >= 11 is 0. The van der Waals surface area contributed by atoms with Gasteiger partial charge in [-0.15, -0.1) is 0 Å². The molecule has 1 unspecified atom stereocenters. The Morgan fingerprint density at radius 1 is 1.25 bits per heavy atom. The first-order valence-electron chi connectivity index (χ1n) is 7.47. The van der Waals surface area contributed by atoms with E-state index in [1.54, 1.807) is 24.3 Å². The molecule has 1 aliphatic carbocycles. The number of hydrogen-bond donors (Lipinski definition) is 0. The van der Waals surface area contributed by atoms with Crippen LogP contribution in [-0.2, 0) is 11.3 Å². The largest absolute Gasteiger partial charge is 0.454 e. The molecule has 28 heavy (non-hydrogen) atoms. The van der Waals surface area contributed by atoms with Crippen LogP contribution in [0.1, 0.15) is 11.1 Å². The van der Waals surface area contributed by atoms with Crippen molar-refractivity contribution in [2.75, 3.05) is 0 Å². The van der Waals surface area contributed by atoms with E-state index in [0.29, 0.717) is 11.1 Å². The van der Waals surface area contributed by atoms with Crippen LogP contribution in [0, 0.1) is 33.2 Å². The van der Waals surface area contributed by atoms with Gasteiger partial charge in [-0.1, -0.05) is 24.3 Å². The van der Waals surface area contributed by atoms with Crippen LogP contribution in [0.15, 0.2) is 30.3 Å². The van der Waals surface area contributed by atoms with E-state index in [2.05, 4.69) is 9.57 Å². The molecule has 1 atom stereocenters. The van der Waals surface area contributed by atoms with Crippen LogP contribution < -0.4 is 4.74 Å². The molecule has 2 aromatic rings. The minimum atomic E-state index is -5.40. The smallest absolute Gasteiger partial charge is 0.450 e. The molecule has 0 N–H and O–H groups in total. The second kappa shape index (κ2) is 6.93. The van der Waals surface area contributed by atoms with Crippen molar-refractivity contribution in [3.63, 3.8) is 0 Å². The average molecular weight is 401 g/mol. The maximum Gasteiger partial charge on any atom is 0.454 e. The van der Waals surface area contributed by atoms with Crippen molar-refractivity contribution < 1.29 is 36.6 Å². The highest BCUT2D eigenvalue weighted by Crippen LogP contribution is 2.44. The van der Waals surface area contributed by atoms with Crippen molar-refractivity contribution in [3.8, 4) is 23.1 Å². The third kappa shape index (κ3) is 3.39. The molecule has 0 heterocycles. The summed E-state index contributed by atoms with van der Waals surface area (Å²) in [6.07, 6.45) is -8.14. The molecule has 0 saturated heterocycles. The standard InChI is InChI=1S/C16H8F5N3O4/c17-12-6-10-9-4-2-1-3-8(9)5-11(10)14(13(12)18)27-15(16(19,20)21)28-23(7-22)24(25)26/h1-4,6,15H,5H2. The summed E-state index contributed by atoms with van der Waals surface area (Å²) < 4.78 is 72.3. The van der Waals surface area contributed by atoms with Gasteiger partial charge in [0.2, 0.25) is 10.8 Å². The molecule has 0 radical (unpaired) electrons. The zero-order chi connectivity index (χ0) is 20.6. The third-order valence-corrected chi connectivity index (χ3v) is 3.88. The molecular formula is C16H8F5N3O4. The lowest BCUT2D eigenvalue weighted by molar-refractivity contribution is -0.725. The maximum atomic E-state index is 14.3. The lowest BCUT2D eigenvalue weighted by Crippen LogP contribution is -2.43. The summed E-state index contributed by atoms with van der Waals surface area (Å²) in [5.74, 6) is -4.29. The topological polar surface area (TPSA) is 88.6 Å². The number of hydroxylamine groups is 1. The minimum Gasteiger partial charge on any atom is -0.450 e. The van der Waals surface area contributed by atoms with Gasteiger partial charge in [0.15, 0.2) is 11.6 Å². The van der Waals surface area contributed by atoms with E-state index in [0.717, 1.165) is 12.3 Å². The van der Waals surface area contributed by atoms with Gasteiger partial charge in [0.1, 0.15) is 5.17 Å². The molecule has 0 aliphatic heterocycles. The number of benzene rings is 2. The van der Waals surface area contributed by atoms with E-state index >= 15 is 0 Å². The maximum absolute atomic E-state index is 14.3. The summed E-state index contributed by atoms with van der Waals surface area (Å²) in [6.45, 7) is 0. The number of nitrogens with zero attached hydrogens (tertiary/aromatic N) is 3. The van der Waals surface area contributed by atoms with Crippen molar-refractivity contribution in [2.24, 2.45) is 0 Å². The number of hydrazine groups is 1. The van der Waals surface area contributed by atoms with Crippen molar-refractivity contribution in [2.45, 2.75) is 18.9 Å². The second-order valence-corrected chi connectivity index (χ2v) is 5.57. The van der Waals surface area contributed by atoms with Crippen LogP contribution in [0.25, 0.3) is 11.1 Å². The normalized spacial score (nSPS) is 13.3. The van der Waals surface area contributed by atoms with Crippen LogP contribution in [0.5, 0.6) is 5.75 Å². The van der Waals surface area contributed by atoms with E-state index < -0.39 is 40.1 Å². The Morgan fingerprint density at radius 3 is 2.54 bits per heavy atom. The molecule has 3 rings (SSSR count). The molecule has 7 nitrogen and oxygen atoms in total. The highest BCUT2D eigenvalue weighted by atomic mass is 19.4. The number of nitro groups is 1. The number of fused-ring (bicyclic) bond motifs is 3. The Hall–Kier alpha value is -3.46. The van der Waals surface area contributed by atoms with E-state index in [9.17, 15) is 32.1 Å². The lowest BCUT2D eigenvalue weighted by atomic mass is 10.0. The van der Waals surface area contributed by atoms with Gasteiger partial charge in [-0.25, -0.2) is 14.5 Å². The summed E-state index contributed by atoms with van der Waals surface area (Å²) in [6, 6.07) is 7.27. The van der Waals surface area contributed by atoms with Crippen LogP contribution in [-0.4, -0.2) is 22.7 Å². The Kier molecular flexibility index (Phi) is 4.78. The highest BCUT2D eigenvalue weighted by Gasteiger charge is 2.48. The van der Waals surface area contributed by atoms with Crippen molar-refractivity contribution in [1.82, 2.24) is 5.17 Å². The Labute approximate surface area is 153 Å². The fourth-order valence-corrected chi connectivity index (χ4v) is 2.75. The fourth-order valence-electron chi connectivity index (χ4n) is 2.75. The van der Waals surface area contributed by atoms with E-state index in [-0.39, 0.29) is 17.5 Å². The fraction of sp³-hybridized carbons (Fsp3) is 0.188. The summed E-state index contributed by atoms with van der Waals surface area (Å²) in [7, 11) is 0. The molecule has 0 aromatic heterocycles. The van der Waals surface area contributed by atoms with Gasteiger partial charge in [0.25, 0.3) is 6.19 Å². The SMILES string of the molecule is N#CN(OC(Oc1c(F)c(F)cc2c1Cc1ccccc1-2)C(F)(F)F)[N+](=O)[O-]. The predicted octanol–water partition coefficient (Wildman–Crippen LogP) is 3.71. The van der Waals surface area contributed by atoms with Gasteiger partial charge < -0.3 is 4.74 Å². The van der Waals surface area contributed by atoms with Gasteiger partial charge in [0, 0.05) is 12.0 Å². The molecule has 2 aromatic carbocycles. The first-order valence-corrected chi connectivity index (χ1v) is 7.47. The third-order valence-electron chi connectivity index (χ3n) is 3.88. The van der Waals surface area contributed by atoms with Crippen molar-refractivity contribution in [3.05, 3.63) is 63.2 Å². The number of halogens is 5. The Morgan fingerprint density at radius 2 is 1.93 bits per heavy atom. The van der Waals surface area contributed by atoms with Gasteiger partial charge in [-0.3, -0.25) is 0 Å². The summed E-state index contributed by atoms with van der Waals surface area (Å²) in [4.78, 5) is 14.4. The van der Waals surface area contributed by atoms with Crippen LogP contribution in [0.4, 0.5) is 22.0 Å². The van der Waals surface area contributed by atoms with Gasteiger partial charge in [0.05, 0.1) is 0 Å². The molecule has 146 valence electrons. The van der Waals surface area contributed by atoms with E-state index in [4.69, 9.17) is 5.26 Å². The highest BCUT2D eigenvalue weighted by molar-refractivity contribution is 5.79. The summed E-state index contributed by atoms with van der Waals surface area (Å²) in [5.41, 5.74) is 1.12. The molecule has 0 amide bonds. The summed E-state index contributed by atoms with van der Waals surface area (Å²) in [5, 5.41) is 16.6. The molecule has 12 heteroatoms. The molecule has 1 aliphatic rings. The van der Waals surface area contributed by atoms with E-state index in [1.165, 1.54) is 0 Å². The average Bonchev–Trinajstić information content (AvgIpc) is 2.98. The zero-order valence-corrected chi connectivity index (χ0v) is 13.5.